The Labute approximate surface area is 186 Å². The van der Waals surface area contributed by atoms with Crippen molar-refractivity contribution in [3.63, 3.8) is 0 Å². The van der Waals surface area contributed by atoms with Crippen molar-refractivity contribution in [2.24, 2.45) is 5.92 Å². The summed E-state index contributed by atoms with van der Waals surface area (Å²) in [5.41, 5.74) is 2.82. The first-order valence-corrected chi connectivity index (χ1v) is 11.0. The number of fused-ring (bicyclic) bond motifs is 1. The number of H-pyrrole nitrogens is 1. The second kappa shape index (κ2) is 10.4. The summed E-state index contributed by atoms with van der Waals surface area (Å²) in [5.74, 6) is 0.0227. The number of rotatable bonds is 10. The summed E-state index contributed by atoms with van der Waals surface area (Å²) >= 11 is 6.20. The number of aromatic amines is 1. The number of amides is 1. The first-order valence-electron chi connectivity index (χ1n) is 10.6. The maximum absolute atomic E-state index is 12.2. The number of ether oxygens (including phenoxy) is 1. The number of nitrogens with one attached hydrogen (secondary N) is 2. The number of unbranched alkanes of at least 4 members (excludes halogenated alkanes) is 1. The second-order valence-corrected chi connectivity index (χ2v) is 7.89. The Balaban J connectivity index is 1.50. The van der Waals surface area contributed by atoms with E-state index in [4.69, 9.17) is 16.3 Å². The Kier molecular flexibility index (Phi) is 7.68. The number of anilines is 1. The molecule has 1 unspecified atom stereocenters. The third-order valence-electron chi connectivity index (χ3n) is 5.14. The van der Waals surface area contributed by atoms with Crippen molar-refractivity contribution in [3.05, 3.63) is 35.0 Å². The molecule has 1 amide bonds. The first kappa shape index (κ1) is 22.8. The number of esters is 1. The average molecular weight is 446 g/mol. The Bertz CT molecular complexity index is 1040. The molecule has 0 aliphatic rings. The lowest BCUT2D eigenvalue weighted by Gasteiger charge is -2.13. The normalized spacial score (nSPS) is 12.1. The van der Waals surface area contributed by atoms with Crippen LogP contribution in [0.4, 0.5) is 5.69 Å². The number of aromatic nitrogens is 4. The molecule has 0 saturated carbocycles. The number of carbonyl (C=O) groups is 2. The van der Waals surface area contributed by atoms with Crippen LogP contribution in [0.3, 0.4) is 0 Å². The molecule has 0 spiro atoms. The van der Waals surface area contributed by atoms with E-state index in [2.05, 4.69) is 27.4 Å². The average Bonchev–Trinajstić information content (AvgIpc) is 3.28. The van der Waals surface area contributed by atoms with Crippen LogP contribution in [-0.2, 0) is 14.3 Å². The SMILES string of the molecule is CCCCC(CC)C(=O)OCCC(=O)Nc1ccc(-c2nc3c(Cl)c(C)[nH]n3n2)cc1. The minimum Gasteiger partial charge on any atom is -0.465 e. The van der Waals surface area contributed by atoms with Gasteiger partial charge in [0.15, 0.2) is 11.5 Å². The maximum atomic E-state index is 12.2. The first-order chi connectivity index (χ1) is 14.9. The van der Waals surface area contributed by atoms with Gasteiger partial charge in [0.2, 0.25) is 5.91 Å². The van der Waals surface area contributed by atoms with Crippen LogP contribution >= 0.6 is 11.6 Å². The molecule has 1 aromatic carbocycles. The highest BCUT2D eigenvalue weighted by molar-refractivity contribution is 6.34. The highest BCUT2D eigenvalue weighted by atomic mass is 35.5. The Morgan fingerprint density at radius 2 is 2.00 bits per heavy atom. The van der Waals surface area contributed by atoms with Gasteiger partial charge in [-0.3, -0.25) is 14.7 Å². The van der Waals surface area contributed by atoms with Crippen molar-refractivity contribution in [2.75, 3.05) is 11.9 Å². The van der Waals surface area contributed by atoms with Gasteiger partial charge in [-0.1, -0.05) is 38.3 Å². The van der Waals surface area contributed by atoms with Crippen LogP contribution in [0.1, 0.15) is 51.6 Å². The van der Waals surface area contributed by atoms with Crippen LogP contribution in [0.5, 0.6) is 0 Å². The molecule has 9 heteroatoms. The highest BCUT2D eigenvalue weighted by Crippen LogP contribution is 2.24. The van der Waals surface area contributed by atoms with Crippen molar-refractivity contribution in [1.29, 1.82) is 0 Å². The lowest BCUT2D eigenvalue weighted by atomic mass is 10.00. The van der Waals surface area contributed by atoms with E-state index < -0.39 is 0 Å². The third kappa shape index (κ3) is 5.64. The molecule has 0 fully saturated rings. The molecule has 8 nitrogen and oxygen atoms in total. The molecule has 1 atom stereocenters. The van der Waals surface area contributed by atoms with Crippen LogP contribution in [-0.4, -0.2) is 38.3 Å². The second-order valence-electron chi connectivity index (χ2n) is 7.51. The molecule has 0 aliphatic carbocycles. The Morgan fingerprint density at radius 3 is 2.65 bits per heavy atom. The van der Waals surface area contributed by atoms with E-state index in [1.54, 1.807) is 12.1 Å². The maximum Gasteiger partial charge on any atom is 0.308 e. The summed E-state index contributed by atoms with van der Waals surface area (Å²) in [6.07, 6.45) is 3.75. The fourth-order valence-electron chi connectivity index (χ4n) is 3.26. The Morgan fingerprint density at radius 1 is 1.26 bits per heavy atom. The predicted molar refractivity (Wildman–Crippen MR) is 120 cm³/mol. The van der Waals surface area contributed by atoms with Gasteiger partial charge in [-0.25, -0.2) is 4.98 Å². The van der Waals surface area contributed by atoms with E-state index in [9.17, 15) is 9.59 Å². The van der Waals surface area contributed by atoms with Gasteiger partial charge in [-0.05, 0) is 44.0 Å². The zero-order valence-corrected chi connectivity index (χ0v) is 18.8. The van der Waals surface area contributed by atoms with Gasteiger partial charge in [0.25, 0.3) is 0 Å². The van der Waals surface area contributed by atoms with Gasteiger partial charge in [-0.15, -0.1) is 5.10 Å². The van der Waals surface area contributed by atoms with Crippen LogP contribution in [0, 0.1) is 12.8 Å². The molecule has 0 bridgehead atoms. The van der Waals surface area contributed by atoms with Gasteiger partial charge < -0.3 is 10.1 Å². The van der Waals surface area contributed by atoms with E-state index in [-0.39, 0.29) is 30.8 Å². The number of nitrogens with zero attached hydrogens (tertiary/aromatic N) is 3. The monoisotopic (exact) mass is 445 g/mol. The summed E-state index contributed by atoms with van der Waals surface area (Å²) in [5, 5.41) is 10.7. The summed E-state index contributed by atoms with van der Waals surface area (Å²) < 4.78 is 6.82. The number of benzene rings is 1. The van der Waals surface area contributed by atoms with Crippen molar-refractivity contribution < 1.29 is 14.3 Å². The summed E-state index contributed by atoms with van der Waals surface area (Å²) in [7, 11) is 0. The number of aryl methyl sites for hydroxylation is 1. The van der Waals surface area contributed by atoms with Gasteiger partial charge in [0.05, 0.1) is 18.0 Å². The summed E-state index contributed by atoms with van der Waals surface area (Å²) in [6, 6.07) is 7.20. The smallest absolute Gasteiger partial charge is 0.308 e. The van der Waals surface area contributed by atoms with Crippen molar-refractivity contribution in [3.8, 4) is 11.4 Å². The van der Waals surface area contributed by atoms with Crippen LogP contribution in [0.25, 0.3) is 17.0 Å². The summed E-state index contributed by atoms with van der Waals surface area (Å²) in [4.78, 5) is 28.7. The fraction of sp³-hybridized carbons (Fsp3) is 0.455. The minimum atomic E-state index is -0.216. The molecule has 166 valence electrons. The van der Waals surface area contributed by atoms with Gasteiger partial charge >= 0.3 is 5.97 Å². The lowest BCUT2D eigenvalue weighted by Crippen LogP contribution is -2.20. The number of hydrogen-bond donors (Lipinski definition) is 2. The quantitative estimate of drug-likeness (QED) is 0.437. The molecule has 0 aliphatic heterocycles. The third-order valence-corrected chi connectivity index (χ3v) is 5.59. The standard InChI is InChI=1S/C22H28ClN5O3/c1-4-6-7-15(5-2)22(30)31-13-12-18(29)24-17-10-8-16(9-11-17)20-25-21-19(23)14(3)26-28(21)27-20/h8-11,15,26H,4-7,12-13H2,1-3H3,(H,24,29). The molecule has 0 saturated heterocycles. The van der Waals surface area contributed by atoms with Crippen molar-refractivity contribution in [1.82, 2.24) is 19.8 Å². The number of hydrogen-bond acceptors (Lipinski definition) is 5. The zero-order chi connectivity index (χ0) is 22.4. The molecule has 2 heterocycles. The van der Waals surface area contributed by atoms with Gasteiger partial charge in [0, 0.05) is 11.3 Å². The minimum absolute atomic E-state index is 0.0796. The van der Waals surface area contributed by atoms with E-state index in [0.29, 0.717) is 22.2 Å². The summed E-state index contributed by atoms with van der Waals surface area (Å²) in [6.45, 7) is 6.01. The highest BCUT2D eigenvalue weighted by Gasteiger charge is 2.18. The molecule has 2 aromatic heterocycles. The van der Waals surface area contributed by atoms with Crippen LogP contribution in [0.2, 0.25) is 5.02 Å². The van der Waals surface area contributed by atoms with Gasteiger partial charge in [-0.2, -0.15) is 4.63 Å². The zero-order valence-electron chi connectivity index (χ0n) is 18.1. The van der Waals surface area contributed by atoms with E-state index >= 15 is 0 Å². The van der Waals surface area contributed by atoms with Crippen molar-refractivity contribution >= 4 is 34.8 Å². The van der Waals surface area contributed by atoms with Crippen LogP contribution in [0.15, 0.2) is 24.3 Å². The lowest BCUT2D eigenvalue weighted by molar-refractivity contribution is -0.149. The predicted octanol–water partition coefficient (Wildman–Crippen LogP) is 4.77. The van der Waals surface area contributed by atoms with Gasteiger partial charge in [0.1, 0.15) is 11.6 Å². The number of halogens is 1. The molecule has 0 radical (unpaired) electrons. The largest absolute Gasteiger partial charge is 0.465 e. The Hall–Kier alpha value is -2.87. The van der Waals surface area contributed by atoms with Crippen molar-refractivity contribution in [2.45, 2.75) is 52.9 Å². The molecule has 2 N–H and O–H groups in total. The topological polar surface area (TPSA) is 101 Å². The van der Waals surface area contributed by atoms with Crippen LogP contribution < -0.4 is 5.32 Å². The molecule has 3 aromatic rings. The van der Waals surface area contributed by atoms with E-state index in [1.807, 2.05) is 26.0 Å². The number of carbonyl (C=O) groups excluding carboxylic acids is 2. The molecule has 3 rings (SSSR count). The fourth-order valence-corrected chi connectivity index (χ4v) is 3.42. The van der Waals surface area contributed by atoms with E-state index in [1.165, 1.54) is 4.63 Å². The molecule has 31 heavy (non-hydrogen) atoms. The van der Waals surface area contributed by atoms with E-state index in [0.717, 1.165) is 36.9 Å². The molecular formula is C22H28ClN5O3. The molecular weight excluding hydrogens is 418 g/mol.